The van der Waals surface area contributed by atoms with E-state index in [2.05, 4.69) is 5.32 Å². The third kappa shape index (κ3) is 4.16. The Balaban J connectivity index is 1.77. The average Bonchev–Trinajstić information content (AvgIpc) is 3.15. The molecule has 8 nitrogen and oxygen atoms in total. The van der Waals surface area contributed by atoms with Gasteiger partial charge in [0.05, 0.1) is 44.2 Å². The Kier molecular flexibility index (Phi) is 6.01. The Morgan fingerprint density at radius 2 is 1.83 bits per heavy atom. The van der Waals surface area contributed by atoms with Crippen LogP contribution < -0.4 is 19.7 Å². The van der Waals surface area contributed by atoms with Crippen LogP contribution in [0.25, 0.3) is 0 Å². The summed E-state index contributed by atoms with van der Waals surface area (Å²) in [6.07, 6.45) is 0.0415. The Bertz CT molecular complexity index is 943. The molecule has 0 spiro atoms. The van der Waals surface area contributed by atoms with Gasteiger partial charge < -0.3 is 24.4 Å². The summed E-state index contributed by atoms with van der Waals surface area (Å²) in [6, 6.07) is 11.7. The number of methoxy groups -OCH3 is 3. The third-order valence-corrected chi connectivity index (χ3v) is 4.76. The van der Waals surface area contributed by atoms with E-state index >= 15 is 0 Å². The van der Waals surface area contributed by atoms with Gasteiger partial charge in [-0.15, -0.1) is 0 Å². The van der Waals surface area contributed by atoms with E-state index in [1.807, 2.05) is 0 Å². The number of para-hydroxylation sites is 1. The first-order chi connectivity index (χ1) is 14.0. The molecule has 0 aromatic heterocycles. The van der Waals surface area contributed by atoms with Gasteiger partial charge in [-0.25, -0.2) is 4.79 Å². The predicted molar refractivity (Wildman–Crippen MR) is 106 cm³/mol. The van der Waals surface area contributed by atoms with E-state index in [0.29, 0.717) is 22.9 Å². The summed E-state index contributed by atoms with van der Waals surface area (Å²) in [7, 11) is 4.32. The number of hydrogen-bond donors (Lipinski definition) is 1. The second-order valence-corrected chi connectivity index (χ2v) is 6.47. The fourth-order valence-electron chi connectivity index (χ4n) is 3.24. The summed E-state index contributed by atoms with van der Waals surface area (Å²) in [5.41, 5.74) is 1.20. The minimum atomic E-state index is -0.569. The van der Waals surface area contributed by atoms with Crippen molar-refractivity contribution in [1.82, 2.24) is 0 Å². The summed E-state index contributed by atoms with van der Waals surface area (Å²) >= 11 is 0. The largest absolute Gasteiger partial charge is 0.497 e. The number of carbonyl (C=O) groups is 3. The maximum atomic E-state index is 12.8. The maximum absolute atomic E-state index is 12.8. The molecule has 0 aliphatic carbocycles. The van der Waals surface area contributed by atoms with Crippen molar-refractivity contribution in [2.24, 2.45) is 5.92 Å². The number of esters is 1. The Hall–Kier alpha value is -3.55. The van der Waals surface area contributed by atoms with E-state index in [4.69, 9.17) is 14.2 Å². The van der Waals surface area contributed by atoms with Gasteiger partial charge in [0.1, 0.15) is 11.5 Å². The summed E-state index contributed by atoms with van der Waals surface area (Å²) < 4.78 is 15.2. The van der Waals surface area contributed by atoms with Crippen molar-refractivity contribution in [2.45, 2.75) is 6.42 Å². The molecule has 2 amide bonds. The number of hydrogen-bond acceptors (Lipinski definition) is 6. The molecule has 0 bridgehead atoms. The van der Waals surface area contributed by atoms with Crippen LogP contribution in [-0.2, 0) is 14.3 Å². The fraction of sp³-hybridized carbons (Fsp3) is 0.286. The predicted octanol–water partition coefficient (Wildman–Crippen LogP) is 2.48. The molecule has 2 aromatic rings. The molecular weight excluding hydrogens is 376 g/mol. The van der Waals surface area contributed by atoms with Crippen LogP contribution in [0, 0.1) is 5.92 Å². The van der Waals surface area contributed by atoms with Crippen LogP contribution in [0.5, 0.6) is 11.5 Å². The fourth-order valence-corrected chi connectivity index (χ4v) is 3.24. The molecule has 1 N–H and O–H groups in total. The lowest BCUT2D eigenvalue weighted by Gasteiger charge is -2.19. The highest BCUT2D eigenvalue weighted by molar-refractivity contribution is 6.07. The highest BCUT2D eigenvalue weighted by Gasteiger charge is 2.37. The standard InChI is InChI=1S/C21H22N2O6/c1-27-14-8-9-16(18(11-14)28-2)22-20(25)13-10-19(24)23(12-13)17-7-5-4-6-15(17)21(26)29-3/h4-9,11,13H,10,12H2,1-3H3,(H,22,25). The van der Waals surface area contributed by atoms with Crippen LogP contribution in [0.2, 0.25) is 0 Å². The molecular formula is C21H22N2O6. The van der Waals surface area contributed by atoms with Gasteiger partial charge >= 0.3 is 5.97 Å². The molecule has 3 rings (SSSR count). The van der Waals surface area contributed by atoms with Gasteiger partial charge in [0.2, 0.25) is 11.8 Å². The van der Waals surface area contributed by atoms with Crippen molar-refractivity contribution in [2.75, 3.05) is 38.1 Å². The second kappa shape index (κ2) is 8.64. The second-order valence-electron chi connectivity index (χ2n) is 6.47. The SMILES string of the molecule is COC(=O)c1ccccc1N1CC(C(=O)Nc2ccc(OC)cc2OC)CC1=O. The molecule has 8 heteroatoms. The van der Waals surface area contributed by atoms with Gasteiger partial charge in [-0.05, 0) is 24.3 Å². The molecule has 1 aliphatic heterocycles. The van der Waals surface area contributed by atoms with Gasteiger partial charge in [-0.3, -0.25) is 9.59 Å². The Morgan fingerprint density at radius 1 is 1.07 bits per heavy atom. The maximum Gasteiger partial charge on any atom is 0.339 e. The lowest BCUT2D eigenvalue weighted by atomic mass is 10.1. The number of carbonyl (C=O) groups excluding carboxylic acids is 3. The number of ether oxygens (including phenoxy) is 3. The number of nitrogens with zero attached hydrogens (tertiary/aromatic N) is 1. The topological polar surface area (TPSA) is 94.2 Å². The van der Waals surface area contributed by atoms with Crippen molar-refractivity contribution >= 4 is 29.2 Å². The Morgan fingerprint density at radius 3 is 2.52 bits per heavy atom. The molecule has 152 valence electrons. The van der Waals surface area contributed by atoms with E-state index in [1.165, 1.54) is 26.2 Å². The quantitative estimate of drug-likeness (QED) is 0.752. The number of anilines is 2. The van der Waals surface area contributed by atoms with E-state index in [-0.39, 0.29) is 30.3 Å². The summed E-state index contributed by atoms with van der Waals surface area (Å²) in [6.45, 7) is 0.164. The zero-order chi connectivity index (χ0) is 21.0. The molecule has 0 radical (unpaired) electrons. The first-order valence-electron chi connectivity index (χ1n) is 8.99. The van der Waals surface area contributed by atoms with Crippen LogP contribution in [0.4, 0.5) is 11.4 Å². The first-order valence-corrected chi connectivity index (χ1v) is 8.99. The monoisotopic (exact) mass is 398 g/mol. The van der Waals surface area contributed by atoms with Gasteiger partial charge in [0, 0.05) is 19.0 Å². The first kappa shape index (κ1) is 20.2. The lowest BCUT2D eigenvalue weighted by molar-refractivity contribution is -0.122. The minimum Gasteiger partial charge on any atom is -0.497 e. The van der Waals surface area contributed by atoms with Crippen molar-refractivity contribution in [1.29, 1.82) is 0 Å². The lowest BCUT2D eigenvalue weighted by Crippen LogP contribution is -2.29. The van der Waals surface area contributed by atoms with Gasteiger partial charge in [-0.2, -0.15) is 0 Å². The molecule has 1 fully saturated rings. The molecule has 2 aromatic carbocycles. The summed E-state index contributed by atoms with van der Waals surface area (Å²) in [5, 5.41) is 2.81. The van der Waals surface area contributed by atoms with Gasteiger partial charge in [0.15, 0.2) is 0 Å². The number of amides is 2. The van der Waals surface area contributed by atoms with Crippen molar-refractivity contribution in [3.63, 3.8) is 0 Å². The van der Waals surface area contributed by atoms with Crippen LogP contribution in [0.1, 0.15) is 16.8 Å². The van der Waals surface area contributed by atoms with E-state index in [1.54, 1.807) is 42.5 Å². The molecule has 1 heterocycles. The van der Waals surface area contributed by atoms with Crippen molar-refractivity contribution in [3.05, 3.63) is 48.0 Å². The van der Waals surface area contributed by atoms with E-state index < -0.39 is 11.9 Å². The van der Waals surface area contributed by atoms with E-state index in [9.17, 15) is 14.4 Å². The van der Waals surface area contributed by atoms with Crippen LogP contribution >= 0.6 is 0 Å². The average molecular weight is 398 g/mol. The Labute approximate surface area is 168 Å². The van der Waals surface area contributed by atoms with Crippen molar-refractivity contribution in [3.8, 4) is 11.5 Å². The minimum absolute atomic E-state index is 0.0415. The number of rotatable bonds is 6. The molecule has 1 atom stereocenters. The normalized spacial score (nSPS) is 15.8. The van der Waals surface area contributed by atoms with Crippen LogP contribution in [-0.4, -0.2) is 45.7 Å². The molecule has 29 heavy (non-hydrogen) atoms. The molecule has 0 saturated carbocycles. The molecule has 1 unspecified atom stereocenters. The van der Waals surface area contributed by atoms with E-state index in [0.717, 1.165) is 0 Å². The van der Waals surface area contributed by atoms with Gasteiger partial charge in [-0.1, -0.05) is 12.1 Å². The number of nitrogens with one attached hydrogen (secondary N) is 1. The smallest absolute Gasteiger partial charge is 0.339 e. The zero-order valence-electron chi connectivity index (χ0n) is 16.4. The highest BCUT2D eigenvalue weighted by atomic mass is 16.5. The van der Waals surface area contributed by atoms with Crippen LogP contribution in [0.3, 0.4) is 0 Å². The molecule has 1 aliphatic rings. The molecule has 1 saturated heterocycles. The van der Waals surface area contributed by atoms with Crippen LogP contribution in [0.15, 0.2) is 42.5 Å². The van der Waals surface area contributed by atoms with Crippen molar-refractivity contribution < 1.29 is 28.6 Å². The third-order valence-electron chi connectivity index (χ3n) is 4.76. The summed E-state index contributed by atoms with van der Waals surface area (Å²) in [4.78, 5) is 38.8. The number of benzene rings is 2. The summed E-state index contributed by atoms with van der Waals surface area (Å²) in [5.74, 6) is -0.594. The highest BCUT2D eigenvalue weighted by Crippen LogP contribution is 2.32. The van der Waals surface area contributed by atoms with Gasteiger partial charge in [0.25, 0.3) is 0 Å². The zero-order valence-corrected chi connectivity index (χ0v) is 16.4.